The summed E-state index contributed by atoms with van der Waals surface area (Å²) in [6, 6.07) is 13.0. The van der Waals surface area contributed by atoms with Crippen LogP contribution in [0, 0.1) is 0 Å². The number of hydrogen-bond acceptors (Lipinski definition) is 6. The molecular formula is C19H20N2O4S2. The normalized spacial score (nSPS) is 13.0. The highest BCUT2D eigenvalue weighted by molar-refractivity contribution is 7.89. The van der Waals surface area contributed by atoms with Crippen LogP contribution >= 0.6 is 11.3 Å². The van der Waals surface area contributed by atoms with Crippen LogP contribution in [0.1, 0.15) is 35.3 Å². The van der Waals surface area contributed by atoms with Crippen LogP contribution in [0.25, 0.3) is 10.2 Å². The maximum Gasteiger partial charge on any atom is 0.338 e. The van der Waals surface area contributed by atoms with Gasteiger partial charge in [-0.05, 0) is 50.2 Å². The Kier molecular flexibility index (Phi) is 5.59. The second-order valence-electron chi connectivity index (χ2n) is 5.96. The van der Waals surface area contributed by atoms with Crippen molar-refractivity contribution in [1.29, 1.82) is 0 Å². The Labute approximate surface area is 162 Å². The third kappa shape index (κ3) is 3.87. The number of thiazole rings is 1. The number of nitrogens with zero attached hydrogens (tertiary/aromatic N) is 2. The number of carbonyl (C=O) groups excluding carboxylic acids is 1. The zero-order valence-electron chi connectivity index (χ0n) is 15.2. The number of esters is 1. The fourth-order valence-electron chi connectivity index (χ4n) is 2.58. The molecule has 1 aromatic heterocycles. The van der Waals surface area contributed by atoms with Gasteiger partial charge in [-0.1, -0.05) is 12.1 Å². The lowest BCUT2D eigenvalue weighted by molar-refractivity contribution is 0.0526. The van der Waals surface area contributed by atoms with E-state index in [-0.39, 0.29) is 11.5 Å². The maximum absolute atomic E-state index is 13.0. The highest BCUT2D eigenvalue weighted by atomic mass is 32.2. The molecule has 0 unspecified atom stereocenters. The number of rotatable bonds is 6. The van der Waals surface area contributed by atoms with Crippen LogP contribution in [-0.4, -0.2) is 37.3 Å². The van der Waals surface area contributed by atoms with Crippen LogP contribution in [0.3, 0.4) is 0 Å². The third-order valence-corrected chi connectivity index (χ3v) is 7.40. The Morgan fingerprint density at radius 1 is 1.19 bits per heavy atom. The number of benzene rings is 2. The number of aromatic nitrogens is 1. The SMILES string of the molecule is CCOC(=O)c1ccc(S(=O)(=O)N(C)[C@H](C)c2nc3ccccc3s2)cc1. The van der Waals surface area contributed by atoms with Crippen molar-refractivity contribution in [3.63, 3.8) is 0 Å². The first-order valence-electron chi connectivity index (χ1n) is 8.45. The molecule has 0 aliphatic rings. The molecule has 3 aromatic rings. The summed E-state index contributed by atoms with van der Waals surface area (Å²) in [6.07, 6.45) is 0. The van der Waals surface area contributed by atoms with E-state index in [4.69, 9.17) is 4.74 Å². The molecule has 0 radical (unpaired) electrons. The Hall–Kier alpha value is -2.29. The highest BCUT2D eigenvalue weighted by Gasteiger charge is 2.28. The van der Waals surface area contributed by atoms with Crippen molar-refractivity contribution in [2.45, 2.75) is 24.8 Å². The predicted octanol–water partition coefficient (Wildman–Crippen LogP) is 3.85. The molecule has 3 rings (SSSR count). The van der Waals surface area contributed by atoms with Gasteiger partial charge in [-0.3, -0.25) is 0 Å². The Balaban J connectivity index is 1.85. The van der Waals surface area contributed by atoms with Gasteiger partial charge in [0.25, 0.3) is 0 Å². The van der Waals surface area contributed by atoms with Gasteiger partial charge in [-0.15, -0.1) is 11.3 Å². The summed E-state index contributed by atoms with van der Waals surface area (Å²) in [4.78, 5) is 16.4. The summed E-state index contributed by atoms with van der Waals surface area (Å²) in [5.74, 6) is -0.474. The third-order valence-electron chi connectivity index (χ3n) is 4.26. The zero-order valence-corrected chi connectivity index (χ0v) is 16.9. The van der Waals surface area contributed by atoms with E-state index < -0.39 is 22.0 Å². The molecule has 0 fully saturated rings. The van der Waals surface area contributed by atoms with Crippen molar-refractivity contribution in [1.82, 2.24) is 9.29 Å². The first-order chi connectivity index (χ1) is 12.8. The van der Waals surface area contributed by atoms with E-state index in [1.54, 1.807) is 6.92 Å². The van der Waals surface area contributed by atoms with Crippen molar-refractivity contribution >= 4 is 37.5 Å². The predicted molar refractivity (Wildman–Crippen MR) is 105 cm³/mol. The second kappa shape index (κ2) is 7.75. The number of sulfonamides is 1. The van der Waals surface area contributed by atoms with Crippen molar-refractivity contribution in [3.8, 4) is 0 Å². The summed E-state index contributed by atoms with van der Waals surface area (Å²) in [7, 11) is -2.20. The molecule has 8 heteroatoms. The molecule has 1 atom stereocenters. The van der Waals surface area contributed by atoms with Gasteiger partial charge >= 0.3 is 5.97 Å². The van der Waals surface area contributed by atoms with Gasteiger partial charge in [0.15, 0.2) is 0 Å². The van der Waals surface area contributed by atoms with Gasteiger partial charge in [-0.25, -0.2) is 18.2 Å². The molecule has 0 bridgehead atoms. The Morgan fingerprint density at radius 2 is 1.85 bits per heavy atom. The van der Waals surface area contributed by atoms with Crippen molar-refractivity contribution in [2.24, 2.45) is 0 Å². The molecule has 0 saturated carbocycles. The van der Waals surface area contributed by atoms with Gasteiger partial charge in [0.1, 0.15) is 5.01 Å². The number of para-hydroxylation sites is 1. The van der Waals surface area contributed by atoms with Crippen LogP contribution in [0.5, 0.6) is 0 Å². The molecule has 0 amide bonds. The van der Waals surface area contributed by atoms with Gasteiger partial charge in [-0.2, -0.15) is 4.31 Å². The molecular weight excluding hydrogens is 384 g/mol. The van der Waals surface area contributed by atoms with E-state index in [2.05, 4.69) is 4.98 Å². The van der Waals surface area contributed by atoms with Crippen LogP contribution in [0.2, 0.25) is 0 Å². The second-order valence-corrected chi connectivity index (χ2v) is 9.02. The van der Waals surface area contributed by atoms with Crippen molar-refractivity contribution in [2.75, 3.05) is 13.7 Å². The minimum absolute atomic E-state index is 0.117. The zero-order chi connectivity index (χ0) is 19.6. The molecule has 0 saturated heterocycles. The Morgan fingerprint density at radius 3 is 2.48 bits per heavy atom. The van der Waals surface area contributed by atoms with Crippen molar-refractivity contribution in [3.05, 3.63) is 59.1 Å². The molecule has 0 aliphatic carbocycles. The molecule has 142 valence electrons. The van der Waals surface area contributed by atoms with Crippen molar-refractivity contribution < 1.29 is 17.9 Å². The van der Waals surface area contributed by atoms with E-state index in [1.165, 1.54) is 47.0 Å². The lowest BCUT2D eigenvalue weighted by Gasteiger charge is -2.22. The smallest absolute Gasteiger partial charge is 0.338 e. The summed E-state index contributed by atoms with van der Waals surface area (Å²) >= 11 is 1.48. The molecule has 1 heterocycles. The molecule has 6 nitrogen and oxygen atoms in total. The molecule has 0 spiro atoms. The number of ether oxygens (including phenoxy) is 1. The first kappa shape index (κ1) is 19.5. The fraction of sp³-hybridized carbons (Fsp3) is 0.263. The average Bonchev–Trinajstić information content (AvgIpc) is 3.11. The molecule has 0 N–H and O–H groups in total. The lowest BCUT2D eigenvalue weighted by atomic mass is 10.2. The van der Waals surface area contributed by atoms with E-state index >= 15 is 0 Å². The standard InChI is InChI=1S/C19H20N2O4S2/c1-4-25-19(22)14-9-11-15(12-10-14)27(23,24)21(3)13(2)18-20-16-7-5-6-8-17(16)26-18/h5-13H,4H2,1-3H3/t13-/m1/s1. The van der Waals surface area contributed by atoms with Crippen LogP contribution < -0.4 is 0 Å². The Bertz CT molecular complexity index is 1030. The van der Waals surface area contributed by atoms with Gasteiger partial charge in [0.05, 0.1) is 33.3 Å². The van der Waals surface area contributed by atoms with Crippen LogP contribution in [-0.2, 0) is 14.8 Å². The fourth-order valence-corrected chi connectivity index (χ4v) is 5.03. The summed E-state index contributed by atoms with van der Waals surface area (Å²) in [6.45, 7) is 3.79. The topological polar surface area (TPSA) is 76.6 Å². The van der Waals surface area contributed by atoms with Gasteiger partial charge in [0, 0.05) is 7.05 Å². The van der Waals surface area contributed by atoms with Crippen LogP contribution in [0.4, 0.5) is 0 Å². The van der Waals surface area contributed by atoms with E-state index in [0.29, 0.717) is 5.56 Å². The number of fused-ring (bicyclic) bond motifs is 1. The summed E-state index contributed by atoms with van der Waals surface area (Å²) < 4.78 is 33.1. The molecule has 0 aliphatic heterocycles. The maximum atomic E-state index is 13.0. The van der Waals surface area contributed by atoms with Crippen LogP contribution in [0.15, 0.2) is 53.4 Å². The first-order valence-corrected chi connectivity index (χ1v) is 10.7. The number of carbonyl (C=O) groups is 1. The largest absolute Gasteiger partial charge is 0.462 e. The highest BCUT2D eigenvalue weighted by Crippen LogP contribution is 2.31. The van der Waals surface area contributed by atoms with E-state index in [0.717, 1.165) is 15.2 Å². The van der Waals surface area contributed by atoms with Gasteiger partial charge < -0.3 is 4.74 Å². The van der Waals surface area contributed by atoms with E-state index in [9.17, 15) is 13.2 Å². The van der Waals surface area contributed by atoms with E-state index in [1.807, 2.05) is 31.2 Å². The quantitative estimate of drug-likeness (QED) is 0.583. The number of hydrogen-bond donors (Lipinski definition) is 0. The summed E-state index contributed by atoms with van der Waals surface area (Å²) in [5.41, 5.74) is 1.17. The lowest BCUT2D eigenvalue weighted by Crippen LogP contribution is -2.29. The summed E-state index contributed by atoms with van der Waals surface area (Å²) in [5, 5.41) is 0.727. The molecule has 2 aromatic carbocycles. The average molecular weight is 405 g/mol. The minimum atomic E-state index is -3.73. The monoisotopic (exact) mass is 404 g/mol. The molecule has 27 heavy (non-hydrogen) atoms. The minimum Gasteiger partial charge on any atom is -0.462 e. The van der Waals surface area contributed by atoms with Gasteiger partial charge in [0.2, 0.25) is 10.0 Å².